The molecule has 0 aromatic carbocycles. The maximum absolute atomic E-state index is 11.8. The Kier molecular flexibility index (Phi) is 2.65. The summed E-state index contributed by atoms with van der Waals surface area (Å²) < 4.78 is 5.41. The molecule has 1 saturated carbocycles. The fourth-order valence-electron chi connectivity index (χ4n) is 2.68. The summed E-state index contributed by atoms with van der Waals surface area (Å²) in [6.07, 6.45) is 6.00. The Morgan fingerprint density at radius 1 is 1.27 bits per heavy atom. The number of amides is 1. The van der Waals surface area contributed by atoms with Gasteiger partial charge >= 0.3 is 6.09 Å². The highest BCUT2D eigenvalue weighted by molar-refractivity contribution is 5.71. The van der Waals surface area contributed by atoms with Crippen LogP contribution in [-0.4, -0.2) is 28.7 Å². The zero-order chi connectivity index (χ0) is 11.1. The highest BCUT2D eigenvalue weighted by Gasteiger charge is 2.47. The van der Waals surface area contributed by atoms with Gasteiger partial charge in [-0.2, -0.15) is 0 Å². The molecule has 3 heteroatoms. The molecule has 3 nitrogen and oxygen atoms in total. The molecule has 0 spiro atoms. The Bertz CT molecular complexity index is 256. The second kappa shape index (κ2) is 3.69. The van der Waals surface area contributed by atoms with E-state index >= 15 is 0 Å². The lowest BCUT2D eigenvalue weighted by molar-refractivity contribution is 0.0711. The van der Waals surface area contributed by atoms with Crippen LogP contribution in [-0.2, 0) is 4.74 Å². The van der Waals surface area contributed by atoms with Crippen LogP contribution in [0.4, 0.5) is 4.79 Å². The summed E-state index contributed by atoms with van der Waals surface area (Å²) in [7, 11) is 0. The van der Waals surface area contributed by atoms with Crippen molar-refractivity contribution in [2.24, 2.45) is 0 Å². The maximum Gasteiger partial charge on any atom is 0.411 e. The van der Waals surface area contributed by atoms with Crippen molar-refractivity contribution < 1.29 is 9.53 Å². The van der Waals surface area contributed by atoms with Crippen LogP contribution in [0.2, 0.25) is 0 Å². The van der Waals surface area contributed by atoms with Crippen molar-refractivity contribution in [3.8, 4) is 0 Å². The van der Waals surface area contributed by atoms with Crippen LogP contribution in [0.15, 0.2) is 0 Å². The van der Waals surface area contributed by atoms with E-state index in [1.54, 1.807) is 0 Å². The van der Waals surface area contributed by atoms with Gasteiger partial charge in [-0.25, -0.2) is 4.79 Å². The minimum Gasteiger partial charge on any atom is -0.441 e. The van der Waals surface area contributed by atoms with E-state index in [4.69, 9.17) is 4.74 Å². The Hall–Kier alpha value is -0.730. The van der Waals surface area contributed by atoms with E-state index in [1.165, 1.54) is 19.3 Å². The van der Waals surface area contributed by atoms with Crippen LogP contribution in [0.5, 0.6) is 0 Å². The molecule has 0 aromatic rings. The molecule has 0 N–H and O–H groups in total. The minimum absolute atomic E-state index is 0.112. The molecule has 1 atom stereocenters. The normalized spacial score (nSPS) is 31.8. The first-order valence-corrected chi connectivity index (χ1v) is 6.03. The van der Waals surface area contributed by atoms with E-state index in [0.29, 0.717) is 6.04 Å². The molecule has 1 heterocycles. The van der Waals surface area contributed by atoms with Crippen LogP contribution in [0, 0.1) is 0 Å². The second-order valence-corrected chi connectivity index (χ2v) is 5.35. The highest BCUT2D eigenvalue weighted by atomic mass is 16.6. The standard InChI is InChI=1S/C12H21NO2/c1-9-12(2,3)15-11(14)13(9)10-7-5-4-6-8-10/h9-10H,4-8H2,1-3H3. The summed E-state index contributed by atoms with van der Waals surface area (Å²) in [5.74, 6) is 0. The lowest BCUT2D eigenvalue weighted by Crippen LogP contribution is -2.45. The van der Waals surface area contributed by atoms with Gasteiger partial charge in [0.25, 0.3) is 0 Å². The number of ether oxygens (including phenoxy) is 1. The lowest BCUT2D eigenvalue weighted by Gasteiger charge is -2.34. The van der Waals surface area contributed by atoms with E-state index in [1.807, 2.05) is 18.7 Å². The Balaban J connectivity index is 2.11. The van der Waals surface area contributed by atoms with Crippen LogP contribution < -0.4 is 0 Å². The molecule has 1 amide bonds. The fourth-order valence-corrected chi connectivity index (χ4v) is 2.68. The molecule has 1 aliphatic heterocycles. The number of carbonyl (C=O) groups excluding carboxylic acids is 1. The predicted molar refractivity (Wildman–Crippen MR) is 58.7 cm³/mol. The monoisotopic (exact) mass is 211 g/mol. The summed E-state index contributed by atoms with van der Waals surface area (Å²) in [5, 5.41) is 0. The average molecular weight is 211 g/mol. The van der Waals surface area contributed by atoms with E-state index in [-0.39, 0.29) is 17.7 Å². The SMILES string of the molecule is CC1N(C2CCCCC2)C(=O)OC1(C)C. The number of carbonyl (C=O) groups is 1. The molecule has 2 rings (SSSR count). The van der Waals surface area contributed by atoms with Crippen molar-refractivity contribution in [1.82, 2.24) is 4.90 Å². The van der Waals surface area contributed by atoms with Gasteiger partial charge in [-0.15, -0.1) is 0 Å². The third-order valence-electron chi connectivity index (χ3n) is 3.95. The smallest absolute Gasteiger partial charge is 0.411 e. The fraction of sp³-hybridized carbons (Fsp3) is 0.917. The number of hydrogen-bond acceptors (Lipinski definition) is 2. The number of hydrogen-bond donors (Lipinski definition) is 0. The van der Waals surface area contributed by atoms with Crippen molar-refractivity contribution in [3.63, 3.8) is 0 Å². The van der Waals surface area contributed by atoms with Crippen LogP contribution in [0.3, 0.4) is 0 Å². The van der Waals surface area contributed by atoms with Gasteiger partial charge < -0.3 is 4.74 Å². The molecule has 1 aliphatic carbocycles. The zero-order valence-electron chi connectivity index (χ0n) is 9.95. The summed E-state index contributed by atoms with van der Waals surface area (Å²) in [6, 6.07) is 0.621. The van der Waals surface area contributed by atoms with E-state index in [9.17, 15) is 4.79 Å². The first-order valence-electron chi connectivity index (χ1n) is 6.03. The summed E-state index contributed by atoms with van der Waals surface area (Å²) >= 11 is 0. The van der Waals surface area contributed by atoms with Crippen molar-refractivity contribution in [2.45, 2.75) is 70.6 Å². The quantitative estimate of drug-likeness (QED) is 0.667. The molecule has 1 saturated heterocycles. The highest BCUT2D eigenvalue weighted by Crippen LogP contribution is 2.34. The van der Waals surface area contributed by atoms with E-state index in [2.05, 4.69) is 6.92 Å². The van der Waals surface area contributed by atoms with Gasteiger partial charge in [0.2, 0.25) is 0 Å². The summed E-state index contributed by atoms with van der Waals surface area (Å²) in [4.78, 5) is 13.8. The van der Waals surface area contributed by atoms with E-state index < -0.39 is 0 Å². The third kappa shape index (κ3) is 1.84. The largest absolute Gasteiger partial charge is 0.441 e. The van der Waals surface area contributed by atoms with Crippen molar-refractivity contribution >= 4 is 6.09 Å². The van der Waals surface area contributed by atoms with Gasteiger partial charge in [0.1, 0.15) is 5.60 Å². The molecule has 0 aromatic heterocycles. The van der Waals surface area contributed by atoms with E-state index in [0.717, 1.165) is 12.8 Å². The van der Waals surface area contributed by atoms with Gasteiger partial charge in [-0.05, 0) is 33.6 Å². The average Bonchev–Trinajstić information content (AvgIpc) is 2.38. The molecule has 86 valence electrons. The van der Waals surface area contributed by atoms with Gasteiger partial charge in [-0.1, -0.05) is 19.3 Å². The first kappa shape index (κ1) is 10.8. The zero-order valence-corrected chi connectivity index (χ0v) is 9.95. The molecule has 2 fully saturated rings. The van der Waals surface area contributed by atoms with Gasteiger partial charge in [0, 0.05) is 6.04 Å². The second-order valence-electron chi connectivity index (χ2n) is 5.35. The van der Waals surface area contributed by atoms with Crippen LogP contribution in [0.1, 0.15) is 52.9 Å². The minimum atomic E-state index is -0.325. The number of cyclic esters (lactones) is 1. The van der Waals surface area contributed by atoms with Crippen molar-refractivity contribution in [2.75, 3.05) is 0 Å². The molecule has 2 aliphatic rings. The maximum atomic E-state index is 11.8. The van der Waals surface area contributed by atoms with Gasteiger partial charge in [0.05, 0.1) is 6.04 Å². The summed E-state index contributed by atoms with van der Waals surface area (Å²) in [5.41, 5.74) is -0.325. The molecule has 0 bridgehead atoms. The molecular weight excluding hydrogens is 190 g/mol. The predicted octanol–water partition coefficient (Wildman–Crippen LogP) is 2.94. The summed E-state index contributed by atoms with van der Waals surface area (Å²) in [6.45, 7) is 6.09. The lowest BCUT2D eigenvalue weighted by atomic mass is 9.91. The molecule has 15 heavy (non-hydrogen) atoms. The molecular formula is C12H21NO2. The molecule has 0 radical (unpaired) electrons. The van der Waals surface area contributed by atoms with Gasteiger partial charge in [-0.3, -0.25) is 4.90 Å². The van der Waals surface area contributed by atoms with Crippen LogP contribution >= 0.6 is 0 Å². The van der Waals surface area contributed by atoms with Crippen molar-refractivity contribution in [1.29, 1.82) is 0 Å². The third-order valence-corrected chi connectivity index (χ3v) is 3.95. The Labute approximate surface area is 91.8 Å². The number of nitrogens with zero attached hydrogens (tertiary/aromatic N) is 1. The number of rotatable bonds is 1. The van der Waals surface area contributed by atoms with Crippen LogP contribution in [0.25, 0.3) is 0 Å². The van der Waals surface area contributed by atoms with Crippen molar-refractivity contribution in [3.05, 3.63) is 0 Å². The van der Waals surface area contributed by atoms with Gasteiger partial charge in [0.15, 0.2) is 0 Å². The Morgan fingerprint density at radius 3 is 2.33 bits per heavy atom. The topological polar surface area (TPSA) is 29.5 Å². The molecule has 1 unspecified atom stereocenters. The first-order chi connectivity index (χ1) is 7.02. The Morgan fingerprint density at radius 2 is 1.87 bits per heavy atom.